The van der Waals surface area contributed by atoms with E-state index >= 15 is 0 Å². The first-order valence-corrected chi connectivity index (χ1v) is 10.5. The average molecular weight is 400 g/mol. The predicted octanol–water partition coefficient (Wildman–Crippen LogP) is 4.00. The van der Waals surface area contributed by atoms with Crippen molar-refractivity contribution < 1.29 is 14.3 Å². The number of hydrogen-bond acceptors (Lipinski definition) is 5. The van der Waals surface area contributed by atoms with Crippen LogP contribution in [0.25, 0.3) is 21.3 Å². The molecule has 6 nitrogen and oxygen atoms in total. The highest BCUT2D eigenvalue weighted by Gasteiger charge is 2.24. The molecule has 3 aromatic rings. The largest absolute Gasteiger partial charge is 0.382 e. The highest BCUT2D eigenvalue weighted by molar-refractivity contribution is 7.13. The lowest BCUT2D eigenvalue weighted by atomic mass is 9.92. The van der Waals surface area contributed by atoms with Gasteiger partial charge in [0, 0.05) is 30.9 Å². The van der Waals surface area contributed by atoms with Crippen molar-refractivity contribution in [1.29, 1.82) is 0 Å². The number of nitrogens with zero attached hydrogens (tertiary/aromatic N) is 1. The SMILES string of the molecule is COCCOC1CCC(NC(=O)c2cc(-c3cncs3)cc3cc[nH]c23)CC1. The number of aromatic amines is 1. The van der Waals surface area contributed by atoms with Gasteiger partial charge >= 0.3 is 0 Å². The Labute approximate surface area is 168 Å². The van der Waals surface area contributed by atoms with Crippen LogP contribution >= 0.6 is 11.3 Å². The van der Waals surface area contributed by atoms with Crippen LogP contribution in [0.1, 0.15) is 36.0 Å². The van der Waals surface area contributed by atoms with E-state index < -0.39 is 0 Å². The van der Waals surface area contributed by atoms with E-state index in [4.69, 9.17) is 9.47 Å². The van der Waals surface area contributed by atoms with Crippen molar-refractivity contribution in [3.05, 3.63) is 41.7 Å². The molecule has 1 aliphatic carbocycles. The minimum absolute atomic E-state index is 0.0254. The van der Waals surface area contributed by atoms with Crippen LogP contribution in [0.2, 0.25) is 0 Å². The van der Waals surface area contributed by atoms with Gasteiger partial charge in [-0.3, -0.25) is 9.78 Å². The number of aromatic nitrogens is 2. The van der Waals surface area contributed by atoms with Crippen LogP contribution < -0.4 is 5.32 Å². The first-order chi connectivity index (χ1) is 13.7. The fourth-order valence-corrected chi connectivity index (χ4v) is 4.40. The van der Waals surface area contributed by atoms with Gasteiger partial charge in [0.05, 0.1) is 40.8 Å². The first-order valence-electron chi connectivity index (χ1n) is 9.66. The molecule has 2 heterocycles. The molecule has 1 fully saturated rings. The van der Waals surface area contributed by atoms with E-state index in [2.05, 4.69) is 21.4 Å². The topological polar surface area (TPSA) is 76.2 Å². The lowest BCUT2D eigenvalue weighted by molar-refractivity contribution is -0.00408. The minimum atomic E-state index is -0.0254. The Morgan fingerprint density at radius 2 is 2.14 bits per heavy atom. The van der Waals surface area contributed by atoms with Gasteiger partial charge in [0.25, 0.3) is 5.91 Å². The highest BCUT2D eigenvalue weighted by atomic mass is 32.1. The van der Waals surface area contributed by atoms with E-state index in [0.717, 1.165) is 47.0 Å². The predicted molar refractivity (Wildman–Crippen MR) is 111 cm³/mol. The van der Waals surface area contributed by atoms with Crippen LogP contribution in [0.15, 0.2) is 36.1 Å². The molecule has 0 aliphatic heterocycles. The summed E-state index contributed by atoms with van der Waals surface area (Å²) >= 11 is 1.58. The maximum atomic E-state index is 13.0. The molecular formula is C21H25N3O3S. The third-order valence-electron chi connectivity index (χ3n) is 5.27. The summed E-state index contributed by atoms with van der Waals surface area (Å²) in [6.45, 7) is 1.26. The zero-order chi connectivity index (χ0) is 19.3. The van der Waals surface area contributed by atoms with E-state index in [0.29, 0.717) is 18.8 Å². The van der Waals surface area contributed by atoms with Crippen LogP contribution in [-0.2, 0) is 9.47 Å². The van der Waals surface area contributed by atoms with Crippen molar-refractivity contribution >= 4 is 28.1 Å². The standard InChI is InChI=1S/C21H25N3O3S/c1-26-8-9-27-17-4-2-16(3-5-17)24-21(25)18-11-15(19-12-22-13-28-19)10-14-6-7-23-20(14)18/h6-7,10-13,16-17,23H,2-5,8-9H2,1H3,(H,24,25). The Bertz CT molecular complexity index is 914. The number of carbonyl (C=O) groups is 1. The van der Waals surface area contributed by atoms with Crippen molar-refractivity contribution in [3.8, 4) is 10.4 Å². The van der Waals surface area contributed by atoms with Gasteiger partial charge in [0.2, 0.25) is 0 Å². The van der Waals surface area contributed by atoms with Crippen LogP contribution in [-0.4, -0.2) is 48.3 Å². The van der Waals surface area contributed by atoms with Crippen molar-refractivity contribution in [2.45, 2.75) is 37.8 Å². The second-order valence-electron chi connectivity index (χ2n) is 7.14. The van der Waals surface area contributed by atoms with Crippen molar-refractivity contribution in [2.24, 2.45) is 0 Å². The number of H-pyrrole nitrogens is 1. The van der Waals surface area contributed by atoms with E-state index in [9.17, 15) is 4.79 Å². The fourth-order valence-electron chi connectivity index (χ4n) is 3.79. The van der Waals surface area contributed by atoms with Gasteiger partial charge in [0.1, 0.15) is 0 Å². The Hall–Kier alpha value is -2.22. The second kappa shape index (κ2) is 8.86. The van der Waals surface area contributed by atoms with Crippen LogP contribution in [0, 0.1) is 0 Å². The lowest BCUT2D eigenvalue weighted by Gasteiger charge is -2.29. The monoisotopic (exact) mass is 399 g/mol. The summed E-state index contributed by atoms with van der Waals surface area (Å²) in [5, 5.41) is 4.26. The smallest absolute Gasteiger partial charge is 0.253 e. The lowest BCUT2D eigenvalue weighted by Crippen LogP contribution is -2.39. The number of rotatable bonds is 7. The van der Waals surface area contributed by atoms with Gasteiger partial charge < -0.3 is 19.8 Å². The highest BCUT2D eigenvalue weighted by Crippen LogP contribution is 2.30. The Balaban J connectivity index is 1.44. The summed E-state index contributed by atoms with van der Waals surface area (Å²) in [4.78, 5) is 21.5. The van der Waals surface area contributed by atoms with Gasteiger partial charge in [-0.1, -0.05) is 0 Å². The van der Waals surface area contributed by atoms with E-state index in [1.165, 1.54) is 0 Å². The van der Waals surface area contributed by atoms with Gasteiger partial charge in [-0.25, -0.2) is 0 Å². The molecular weight excluding hydrogens is 374 g/mol. The van der Waals surface area contributed by atoms with Crippen molar-refractivity contribution in [3.63, 3.8) is 0 Å². The molecule has 0 spiro atoms. The molecule has 1 aliphatic rings. The molecule has 7 heteroatoms. The Morgan fingerprint density at radius 3 is 2.89 bits per heavy atom. The number of methoxy groups -OCH3 is 1. The second-order valence-corrected chi connectivity index (χ2v) is 8.03. The molecule has 1 amide bonds. The van der Waals surface area contributed by atoms with E-state index in [-0.39, 0.29) is 18.1 Å². The number of hydrogen-bond donors (Lipinski definition) is 2. The number of thiazole rings is 1. The number of nitrogens with one attached hydrogen (secondary N) is 2. The summed E-state index contributed by atoms with van der Waals surface area (Å²) in [7, 11) is 1.68. The third-order valence-corrected chi connectivity index (χ3v) is 6.09. The molecule has 0 saturated heterocycles. The van der Waals surface area contributed by atoms with Gasteiger partial charge in [-0.2, -0.15) is 0 Å². The number of carbonyl (C=O) groups excluding carboxylic acids is 1. The van der Waals surface area contributed by atoms with Crippen molar-refractivity contribution in [2.75, 3.05) is 20.3 Å². The Morgan fingerprint density at radius 1 is 1.29 bits per heavy atom. The first kappa shape index (κ1) is 19.1. The van der Waals surface area contributed by atoms with Crippen LogP contribution in [0.4, 0.5) is 0 Å². The van der Waals surface area contributed by atoms with Gasteiger partial charge in [-0.15, -0.1) is 11.3 Å². The maximum Gasteiger partial charge on any atom is 0.253 e. The summed E-state index contributed by atoms with van der Waals surface area (Å²) in [6, 6.07) is 6.24. The zero-order valence-electron chi connectivity index (χ0n) is 15.9. The number of ether oxygens (including phenoxy) is 2. The molecule has 0 radical (unpaired) electrons. The summed E-state index contributed by atoms with van der Waals surface area (Å²) in [5.74, 6) is -0.0254. The molecule has 4 rings (SSSR count). The molecule has 2 N–H and O–H groups in total. The molecule has 0 unspecified atom stereocenters. The third kappa shape index (κ3) is 4.27. The summed E-state index contributed by atoms with van der Waals surface area (Å²) in [6.07, 6.45) is 7.79. The Kier molecular flexibility index (Phi) is 6.04. The van der Waals surface area contributed by atoms with Crippen LogP contribution in [0.5, 0.6) is 0 Å². The van der Waals surface area contributed by atoms with Gasteiger partial charge in [-0.05, 0) is 49.4 Å². The molecule has 1 saturated carbocycles. The van der Waals surface area contributed by atoms with Crippen LogP contribution in [0.3, 0.4) is 0 Å². The van der Waals surface area contributed by atoms with E-state index in [1.807, 2.05) is 30.0 Å². The number of benzene rings is 1. The molecule has 28 heavy (non-hydrogen) atoms. The maximum absolute atomic E-state index is 13.0. The molecule has 148 valence electrons. The van der Waals surface area contributed by atoms with E-state index in [1.54, 1.807) is 18.4 Å². The average Bonchev–Trinajstić information content (AvgIpc) is 3.40. The zero-order valence-corrected chi connectivity index (χ0v) is 16.8. The number of amides is 1. The normalized spacial score (nSPS) is 19.8. The minimum Gasteiger partial charge on any atom is -0.382 e. The molecule has 0 atom stereocenters. The summed E-state index contributed by atoms with van der Waals surface area (Å²) in [5.41, 5.74) is 4.39. The number of fused-ring (bicyclic) bond motifs is 1. The quantitative estimate of drug-likeness (QED) is 0.589. The molecule has 1 aromatic carbocycles. The fraction of sp³-hybridized carbons (Fsp3) is 0.429. The van der Waals surface area contributed by atoms with Gasteiger partial charge in [0.15, 0.2) is 0 Å². The molecule has 2 aromatic heterocycles. The molecule has 0 bridgehead atoms. The summed E-state index contributed by atoms with van der Waals surface area (Å²) < 4.78 is 10.9. The van der Waals surface area contributed by atoms with Crippen molar-refractivity contribution in [1.82, 2.24) is 15.3 Å².